The van der Waals surface area contributed by atoms with Gasteiger partial charge in [0.1, 0.15) is 5.01 Å². The Morgan fingerprint density at radius 2 is 1.68 bits per heavy atom. The number of allylic oxidation sites excluding steroid dienone is 2. The number of thiazole rings is 1. The minimum Gasteiger partial charge on any atom is -0.326 e. The predicted molar refractivity (Wildman–Crippen MR) is 120 cm³/mol. The number of benzene rings is 2. The van der Waals surface area contributed by atoms with Gasteiger partial charge in [-0.3, -0.25) is 19.3 Å². The van der Waals surface area contributed by atoms with Gasteiger partial charge in [0.2, 0.25) is 17.7 Å². The molecule has 3 aromatic rings. The van der Waals surface area contributed by atoms with Gasteiger partial charge in [0.05, 0.1) is 22.1 Å². The molecule has 156 valence electrons. The first-order chi connectivity index (χ1) is 15.1. The van der Waals surface area contributed by atoms with Crippen LogP contribution in [0.15, 0.2) is 60.7 Å². The molecule has 0 spiro atoms. The van der Waals surface area contributed by atoms with Crippen LogP contribution in [0.25, 0.3) is 20.8 Å². The predicted octanol–water partition coefficient (Wildman–Crippen LogP) is 4.24. The van der Waals surface area contributed by atoms with Crippen LogP contribution >= 0.6 is 11.3 Å². The first-order valence-electron chi connectivity index (χ1n) is 10.4. The van der Waals surface area contributed by atoms with Gasteiger partial charge in [-0.05, 0) is 49.2 Å². The van der Waals surface area contributed by atoms with Crippen molar-refractivity contribution in [1.29, 1.82) is 0 Å². The summed E-state index contributed by atoms with van der Waals surface area (Å²) < 4.78 is 1.14. The van der Waals surface area contributed by atoms with E-state index < -0.39 is 0 Å². The molecule has 2 aliphatic rings. The number of anilines is 1. The molecule has 0 bridgehead atoms. The fourth-order valence-corrected chi connectivity index (χ4v) is 5.19. The van der Waals surface area contributed by atoms with Gasteiger partial charge in [-0.15, -0.1) is 11.3 Å². The molecule has 7 heteroatoms. The van der Waals surface area contributed by atoms with Crippen molar-refractivity contribution < 1.29 is 14.4 Å². The van der Waals surface area contributed by atoms with Crippen LogP contribution in [-0.2, 0) is 14.4 Å². The maximum Gasteiger partial charge on any atom is 0.233 e. The monoisotopic (exact) mass is 431 g/mol. The number of hydrogen-bond acceptors (Lipinski definition) is 5. The summed E-state index contributed by atoms with van der Waals surface area (Å²) in [6.45, 7) is 0.125. The molecule has 0 saturated carbocycles. The number of amides is 3. The van der Waals surface area contributed by atoms with Crippen molar-refractivity contribution in [3.63, 3.8) is 0 Å². The Morgan fingerprint density at radius 1 is 1.00 bits per heavy atom. The zero-order valence-corrected chi connectivity index (χ0v) is 17.6. The van der Waals surface area contributed by atoms with Gasteiger partial charge < -0.3 is 5.32 Å². The van der Waals surface area contributed by atoms with E-state index in [1.54, 1.807) is 11.3 Å². The normalized spacial score (nSPS) is 20.3. The minimum absolute atomic E-state index is 0.0873. The third-order valence-electron chi connectivity index (χ3n) is 5.87. The molecule has 3 amide bonds. The van der Waals surface area contributed by atoms with Crippen LogP contribution in [0.2, 0.25) is 0 Å². The molecular formula is C24H21N3O3S. The zero-order valence-electron chi connectivity index (χ0n) is 16.8. The van der Waals surface area contributed by atoms with E-state index in [1.165, 1.54) is 4.90 Å². The number of nitrogens with zero attached hydrogens (tertiary/aromatic N) is 2. The summed E-state index contributed by atoms with van der Waals surface area (Å²) in [6.07, 6.45) is 5.23. The summed E-state index contributed by atoms with van der Waals surface area (Å²) in [6, 6.07) is 15.5. The molecule has 1 N–H and O–H groups in total. The largest absolute Gasteiger partial charge is 0.326 e. The van der Waals surface area contributed by atoms with Gasteiger partial charge in [-0.2, -0.15) is 0 Å². The van der Waals surface area contributed by atoms with Crippen LogP contribution in [-0.4, -0.2) is 34.2 Å². The molecule has 2 aromatic carbocycles. The Kier molecular flexibility index (Phi) is 5.11. The molecule has 1 saturated heterocycles. The van der Waals surface area contributed by atoms with Crippen LogP contribution in [0.5, 0.6) is 0 Å². The van der Waals surface area contributed by atoms with Crippen LogP contribution in [0, 0.1) is 11.8 Å². The maximum absolute atomic E-state index is 12.5. The molecule has 1 fully saturated rings. The highest BCUT2D eigenvalue weighted by atomic mass is 32.1. The molecule has 1 aliphatic carbocycles. The standard InChI is InChI=1S/C24H21N3O3S/c28-21(13-14-27-23(29)17-5-1-2-6-18(17)24(27)30)25-16-11-9-15(10-12-16)22-26-19-7-3-4-8-20(19)31-22/h1-4,7-12,17-18H,5-6,13-14H2,(H,25,28). The summed E-state index contributed by atoms with van der Waals surface area (Å²) in [5.74, 6) is -1.02. The number of nitrogens with one attached hydrogen (secondary N) is 1. The number of hydrogen-bond donors (Lipinski definition) is 1. The van der Waals surface area contributed by atoms with Crippen LogP contribution in [0.3, 0.4) is 0 Å². The fraction of sp³-hybridized carbons (Fsp3) is 0.250. The second-order valence-corrected chi connectivity index (χ2v) is 8.88. The summed E-state index contributed by atoms with van der Waals surface area (Å²) in [7, 11) is 0. The van der Waals surface area contributed by atoms with Crippen LogP contribution in [0.1, 0.15) is 19.3 Å². The van der Waals surface area contributed by atoms with Crippen molar-refractivity contribution in [3.8, 4) is 10.6 Å². The molecule has 6 nitrogen and oxygen atoms in total. The lowest BCUT2D eigenvalue weighted by Gasteiger charge is -2.14. The summed E-state index contributed by atoms with van der Waals surface area (Å²) in [5.41, 5.74) is 2.64. The van der Waals surface area contributed by atoms with E-state index in [0.29, 0.717) is 18.5 Å². The molecule has 0 radical (unpaired) electrons. The Balaban J connectivity index is 1.19. The van der Waals surface area contributed by atoms with E-state index in [4.69, 9.17) is 0 Å². The summed E-state index contributed by atoms with van der Waals surface area (Å²) in [5, 5.41) is 3.78. The number of likely N-dealkylation sites (tertiary alicyclic amines) is 1. The van der Waals surface area contributed by atoms with Crippen LogP contribution in [0.4, 0.5) is 5.69 Å². The van der Waals surface area contributed by atoms with E-state index in [1.807, 2.05) is 60.7 Å². The summed E-state index contributed by atoms with van der Waals surface area (Å²) >= 11 is 1.63. The fourth-order valence-electron chi connectivity index (χ4n) is 4.22. The van der Waals surface area contributed by atoms with Gasteiger partial charge in [-0.25, -0.2) is 4.98 Å². The number of para-hydroxylation sites is 1. The van der Waals surface area contributed by atoms with Gasteiger partial charge in [0, 0.05) is 24.2 Å². The SMILES string of the molecule is O=C(CCN1C(=O)C2CC=CCC2C1=O)Nc1ccc(-c2nc3ccccc3s2)cc1. The molecular weight excluding hydrogens is 410 g/mol. The lowest BCUT2D eigenvalue weighted by atomic mass is 9.85. The molecule has 31 heavy (non-hydrogen) atoms. The second kappa shape index (κ2) is 8.07. The smallest absolute Gasteiger partial charge is 0.233 e. The Bertz CT molecular complexity index is 1140. The van der Waals surface area contributed by atoms with Gasteiger partial charge in [0.25, 0.3) is 0 Å². The molecule has 2 heterocycles. The zero-order chi connectivity index (χ0) is 21.4. The highest BCUT2D eigenvalue weighted by molar-refractivity contribution is 7.21. The highest BCUT2D eigenvalue weighted by Crippen LogP contribution is 2.35. The molecule has 2 atom stereocenters. The summed E-state index contributed by atoms with van der Waals surface area (Å²) in [4.78, 5) is 43.3. The molecule has 5 rings (SSSR count). The number of carbonyl (C=O) groups is 3. The number of aromatic nitrogens is 1. The van der Waals surface area contributed by atoms with E-state index in [-0.39, 0.29) is 42.5 Å². The second-order valence-electron chi connectivity index (χ2n) is 7.85. The molecule has 1 aliphatic heterocycles. The van der Waals surface area contributed by atoms with E-state index in [0.717, 1.165) is 20.8 Å². The average molecular weight is 432 g/mol. The van der Waals surface area contributed by atoms with E-state index in [2.05, 4.69) is 10.3 Å². The number of imide groups is 1. The minimum atomic E-state index is -0.254. The molecule has 2 unspecified atom stereocenters. The first-order valence-corrected chi connectivity index (χ1v) is 11.2. The van der Waals surface area contributed by atoms with Crippen LogP contribution < -0.4 is 5.32 Å². The Morgan fingerprint density at radius 3 is 2.35 bits per heavy atom. The Labute approximate surface area is 183 Å². The van der Waals surface area contributed by atoms with E-state index in [9.17, 15) is 14.4 Å². The number of rotatable bonds is 5. The molecule has 1 aromatic heterocycles. The average Bonchev–Trinajstić information content (AvgIpc) is 3.33. The van der Waals surface area contributed by atoms with Gasteiger partial charge in [0.15, 0.2) is 0 Å². The van der Waals surface area contributed by atoms with Gasteiger partial charge in [-0.1, -0.05) is 24.3 Å². The number of fused-ring (bicyclic) bond motifs is 2. The van der Waals surface area contributed by atoms with Crippen molar-refractivity contribution in [2.75, 3.05) is 11.9 Å². The lowest BCUT2D eigenvalue weighted by Crippen LogP contribution is -2.34. The van der Waals surface area contributed by atoms with Crippen molar-refractivity contribution in [2.24, 2.45) is 11.8 Å². The van der Waals surface area contributed by atoms with Crippen molar-refractivity contribution >= 4 is 45.0 Å². The lowest BCUT2D eigenvalue weighted by molar-refractivity contribution is -0.140. The van der Waals surface area contributed by atoms with Crippen molar-refractivity contribution in [3.05, 3.63) is 60.7 Å². The van der Waals surface area contributed by atoms with Crippen molar-refractivity contribution in [2.45, 2.75) is 19.3 Å². The van der Waals surface area contributed by atoms with E-state index >= 15 is 0 Å². The number of carbonyl (C=O) groups excluding carboxylic acids is 3. The maximum atomic E-state index is 12.5. The first kappa shape index (κ1) is 19.6. The Hall–Kier alpha value is -3.32. The third kappa shape index (κ3) is 3.77. The third-order valence-corrected chi connectivity index (χ3v) is 6.96. The highest BCUT2D eigenvalue weighted by Gasteiger charge is 2.46. The topological polar surface area (TPSA) is 79.4 Å². The quantitative estimate of drug-likeness (QED) is 0.484. The van der Waals surface area contributed by atoms with Gasteiger partial charge >= 0.3 is 0 Å². The van der Waals surface area contributed by atoms with Crippen molar-refractivity contribution in [1.82, 2.24) is 9.88 Å².